The zero-order valence-electron chi connectivity index (χ0n) is 20.9. The Kier molecular flexibility index (Phi) is 6.22. The molecule has 3 heterocycles. The Morgan fingerprint density at radius 2 is 1.73 bits per heavy atom. The summed E-state index contributed by atoms with van der Waals surface area (Å²) in [4.78, 5) is 33.3. The minimum absolute atomic E-state index is 0.121. The van der Waals surface area contributed by atoms with Crippen molar-refractivity contribution in [3.63, 3.8) is 0 Å². The number of ether oxygens (including phenoxy) is 2. The fourth-order valence-electron chi connectivity index (χ4n) is 5.57. The molecule has 2 aromatic heterocycles. The van der Waals surface area contributed by atoms with E-state index in [1.807, 2.05) is 30.3 Å². The monoisotopic (exact) mass is 495 g/mol. The molecule has 0 bridgehead atoms. The van der Waals surface area contributed by atoms with Crippen molar-refractivity contribution < 1.29 is 14.3 Å². The van der Waals surface area contributed by atoms with E-state index < -0.39 is 5.97 Å². The number of carbonyl (C=O) groups excluding carboxylic acids is 1. The van der Waals surface area contributed by atoms with E-state index in [0.29, 0.717) is 49.6 Å². The van der Waals surface area contributed by atoms with Crippen LogP contribution in [0.2, 0.25) is 0 Å². The number of aromatic nitrogens is 2. The van der Waals surface area contributed by atoms with Crippen LogP contribution in [0, 0.1) is 0 Å². The predicted molar refractivity (Wildman–Crippen MR) is 141 cm³/mol. The van der Waals surface area contributed by atoms with Gasteiger partial charge < -0.3 is 14.0 Å². The van der Waals surface area contributed by atoms with Crippen LogP contribution in [0.4, 0.5) is 0 Å². The average Bonchev–Trinajstić information content (AvgIpc) is 3.21. The molecule has 6 rings (SSSR count). The number of benzene rings is 2. The number of fused-ring (bicyclic) bond motifs is 3. The highest BCUT2D eigenvalue weighted by molar-refractivity contribution is 5.93. The van der Waals surface area contributed by atoms with Gasteiger partial charge in [0.15, 0.2) is 0 Å². The smallest absolute Gasteiger partial charge is 0.343 e. The summed E-state index contributed by atoms with van der Waals surface area (Å²) >= 11 is 0. The van der Waals surface area contributed by atoms with E-state index in [9.17, 15) is 9.59 Å². The van der Waals surface area contributed by atoms with Crippen LogP contribution in [-0.2, 0) is 37.1 Å². The van der Waals surface area contributed by atoms with E-state index in [-0.39, 0.29) is 11.7 Å². The van der Waals surface area contributed by atoms with E-state index in [4.69, 9.17) is 14.5 Å². The lowest BCUT2D eigenvalue weighted by Gasteiger charge is -2.20. The zero-order chi connectivity index (χ0) is 25.4. The van der Waals surface area contributed by atoms with Gasteiger partial charge in [0.25, 0.3) is 5.56 Å². The van der Waals surface area contributed by atoms with Gasteiger partial charge in [0.05, 0.1) is 18.3 Å². The van der Waals surface area contributed by atoms with Crippen LogP contribution in [0.15, 0.2) is 71.5 Å². The number of esters is 1. The lowest BCUT2D eigenvalue weighted by atomic mass is 10.1. The van der Waals surface area contributed by atoms with Gasteiger partial charge >= 0.3 is 5.97 Å². The molecule has 7 nitrogen and oxygen atoms in total. The third-order valence-corrected chi connectivity index (χ3v) is 7.42. The predicted octanol–water partition coefficient (Wildman–Crippen LogP) is 3.79. The molecular formula is C30H29N3O4. The number of hydrogen-bond acceptors (Lipinski definition) is 6. The van der Waals surface area contributed by atoms with Gasteiger partial charge in [-0.3, -0.25) is 14.7 Å². The normalized spacial score (nSPS) is 15.7. The maximum atomic E-state index is 13.2. The Balaban J connectivity index is 1.26. The third-order valence-electron chi connectivity index (χ3n) is 7.42. The molecule has 0 fully saturated rings. The minimum Gasteiger partial charge on any atom is -0.489 e. The average molecular weight is 496 g/mol. The maximum Gasteiger partial charge on any atom is 0.343 e. The fourth-order valence-corrected chi connectivity index (χ4v) is 5.57. The van der Waals surface area contributed by atoms with Crippen molar-refractivity contribution in [3.8, 4) is 5.75 Å². The Morgan fingerprint density at radius 1 is 0.973 bits per heavy atom. The van der Waals surface area contributed by atoms with Crippen LogP contribution in [0.1, 0.15) is 32.9 Å². The Bertz CT molecular complexity index is 1520. The quantitative estimate of drug-likeness (QED) is 0.393. The molecule has 0 saturated carbocycles. The SMILES string of the molecule is COC(=O)c1c(OC2Cc3ccccc3C2)cc(=O)n2c1CCN(Cc1ccc3ccccc3n1)CC2. The summed E-state index contributed by atoms with van der Waals surface area (Å²) < 4.78 is 13.2. The van der Waals surface area contributed by atoms with Gasteiger partial charge in [-0.25, -0.2) is 4.79 Å². The van der Waals surface area contributed by atoms with E-state index in [1.54, 1.807) is 4.57 Å². The largest absolute Gasteiger partial charge is 0.489 e. The third kappa shape index (κ3) is 4.62. The van der Waals surface area contributed by atoms with Gasteiger partial charge in [-0.2, -0.15) is 0 Å². The fraction of sp³-hybridized carbons (Fsp3) is 0.300. The van der Waals surface area contributed by atoms with Crippen molar-refractivity contribution in [2.75, 3.05) is 20.2 Å². The van der Waals surface area contributed by atoms with Crippen molar-refractivity contribution in [3.05, 3.63) is 105 Å². The van der Waals surface area contributed by atoms with Crippen LogP contribution >= 0.6 is 0 Å². The first-order valence-electron chi connectivity index (χ1n) is 12.7. The number of nitrogens with zero attached hydrogens (tertiary/aromatic N) is 3. The van der Waals surface area contributed by atoms with Gasteiger partial charge in [0.1, 0.15) is 17.4 Å². The first kappa shape index (κ1) is 23.4. The lowest BCUT2D eigenvalue weighted by Crippen LogP contribution is -2.30. The molecule has 0 spiro atoms. The van der Waals surface area contributed by atoms with E-state index in [1.165, 1.54) is 24.3 Å². The van der Waals surface area contributed by atoms with Gasteiger partial charge in [-0.1, -0.05) is 48.5 Å². The number of methoxy groups -OCH3 is 1. The van der Waals surface area contributed by atoms with Crippen molar-refractivity contribution in [1.29, 1.82) is 0 Å². The number of rotatable bonds is 5. The molecule has 0 amide bonds. The summed E-state index contributed by atoms with van der Waals surface area (Å²) in [6.45, 7) is 2.53. The highest BCUT2D eigenvalue weighted by Gasteiger charge is 2.29. The molecule has 1 aliphatic carbocycles. The van der Waals surface area contributed by atoms with E-state index >= 15 is 0 Å². The number of carbonyl (C=O) groups is 1. The first-order chi connectivity index (χ1) is 18.1. The van der Waals surface area contributed by atoms with Crippen molar-refractivity contribution in [2.24, 2.45) is 0 Å². The van der Waals surface area contributed by atoms with Crippen molar-refractivity contribution in [1.82, 2.24) is 14.5 Å². The molecule has 0 unspecified atom stereocenters. The van der Waals surface area contributed by atoms with E-state index in [0.717, 1.165) is 29.4 Å². The molecule has 0 saturated heterocycles. The van der Waals surface area contributed by atoms with Gasteiger partial charge in [-0.05, 0) is 23.3 Å². The number of hydrogen-bond donors (Lipinski definition) is 0. The second-order valence-electron chi connectivity index (χ2n) is 9.75. The molecule has 0 atom stereocenters. The molecule has 7 heteroatoms. The summed E-state index contributed by atoms with van der Waals surface area (Å²) in [5.74, 6) is -0.149. The molecule has 188 valence electrons. The molecule has 4 aromatic rings. The van der Waals surface area contributed by atoms with Crippen LogP contribution in [0.5, 0.6) is 5.75 Å². The highest BCUT2D eigenvalue weighted by Crippen LogP contribution is 2.30. The molecule has 37 heavy (non-hydrogen) atoms. The van der Waals surface area contributed by atoms with Gasteiger partial charge in [-0.15, -0.1) is 0 Å². The van der Waals surface area contributed by atoms with Crippen LogP contribution < -0.4 is 10.3 Å². The molecular weight excluding hydrogens is 466 g/mol. The Hall–Kier alpha value is -3.97. The van der Waals surface area contributed by atoms with Gasteiger partial charge in [0, 0.05) is 62.6 Å². The standard InChI is InChI=1S/C30H29N3O4/c1-36-30(35)29-26-12-13-32(19-23-11-10-20-6-4-5-9-25(20)31-23)14-15-33(26)28(34)18-27(29)37-24-16-21-7-2-3-8-22(21)17-24/h2-11,18,24H,12-17,19H2,1H3. The second-order valence-corrected chi connectivity index (χ2v) is 9.75. The second kappa shape index (κ2) is 9.82. The summed E-state index contributed by atoms with van der Waals surface area (Å²) in [6.07, 6.45) is 1.92. The first-order valence-corrected chi connectivity index (χ1v) is 12.7. The topological polar surface area (TPSA) is 73.7 Å². The summed E-state index contributed by atoms with van der Waals surface area (Å²) in [7, 11) is 1.37. The van der Waals surface area contributed by atoms with E-state index in [2.05, 4.69) is 35.2 Å². The number of pyridine rings is 2. The molecule has 1 aliphatic heterocycles. The maximum absolute atomic E-state index is 13.2. The molecule has 0 N–H and O–H groups in total. The molecule has 2 aromatic carbocycles. The van der Waals surface area contributed by atoms with Crippen molar-refractivity contribution >= 4 is 16.9 Å². The lowest BCUT2D eigenvalue weighted by molar-refractivity contribution is 0.0590. The molecule has 2 aliphatic rings. The summed E-state index contributed by atoms with van der Waals surface area (Å²) in [6, 6.07) is 21.9. The Morgan fingerprint density at radius 3 is 2.51 bits per heavy atom. The Labute approximate surface area is 215 Å². The summed E-state index contributed by atoms with van der Waals surface area (Å²) in [5.41, 5.74) is 5.34. The van der Waals surface area contributed by atoms with Crippen molar-refractivity contribution in [2.45, 2.75) is 38.5 Å². The number of para-hydroxylation sites is 1. The van der Waals surface area contributed by atoms with Crippen LogP contribution in [0.3, 0.4) is 0 Å². The van der Waals surface area contributed by atoms with Crippen LogP contribution in [-0.4, -0.2) is 46.7 Å². The zero-order valence-corrected chi connectivity index (χ0v) is 20.9. The molecule has 0 radical (unpaired) electrons. The minimum atomic E-state index is -0.473. The highest BCUT2D eigenvalue weighted by atomic mass is 16.5. The summed E-state index contributed by atoms with van der Waals surface area (Å²) in [5, 5.41) is 1.11. The van der Waals surface area contributed by atoms with Crippen LogP contribution in [0.25, 0.3) is 10.9 Å². The van der Waals surface area contributed by atoms with Gasteiger partial charge in [0.2, 0.25) is 0 Å².